The topological polar surface area (TPSA) is 24.5 Å². The maximum absolute atomic E-state index is 5.58. The summed E-state index contributed by atoms with van der Waals surface area (Å²) in [6.07, 6.45) is 4.16. The zero-order valence-corrected chi connectivity index (χ0v) is 10.7. The van der Waals surface area contributed by atoms with Crippen molar-refractivity contribution in [2.75, 3.05) is 33.8 Å². The number of nitrogens with one attached hydrogen (secondary N) is 1. The van der Waals surface area contributed by atoms with E-state index in [1.54, 1.807) is 0 Å². The minimum absolute atomic E-state index is 0.233. The molecule has 1 saturated heterocycles. The van der Waals surface area contributed by atoms with E-state index in [0.717, 1.165) is 26.1 Å². The fourth-order valence-electron chi connectivity index (χ4n) is 1.69. The number of nitrogens with zero attached hydrogens (tertiary/aromatic N) is 1. The summed E-state index contributed by atoms with van der Waals surface area (Å²) >= 11 is 0. The zero-order chi connectivity index (χ0) is 11.3. The Labute approximate surface area is 94.2 Å². The van der Waals surface area contributed by atoms with Crippen molar-refractivity contribution in [1.29, 1.82) is 0 Å². The first kappa shape index (κ1) is 12.9. The minimum atomic E-state index is 0.233. The van der Waals surface area contributed by atoms with Gasteiger partial charge in [-0.15, -0.1) is 0 Å². The Hall–Kier alpha value is -0.120. The Bertz CT molecular complexity index is 174. The fourth-order valence-corrected chi connectivity index (χ4v) is 1.69. The van der Waals surface area contributed by atoms with Gasteiger partial charge in [0, 0.05) is 18.7 Å². The highest BCUT2D eigenvalue weighted by molar-refractivity contribution is 4.79. The Morgan fingerprint density at radius 3 is 2.67 bits per heavy atom. The van der Waals surface area contributed by atoms with E-state index in [9.17, 15) is 0 Å². The highest BCUT2D eigenvalue weighted by atomic mass is 16.5. The highest BCUT2D eigenvalue weighted by Gasteiger charge is 2.20. The third-order valence-corrected chi connectivity index (χ3v) is 3.44. The van der Waals surface area contributed by atoms with Gasteiger partial charge in [-0.05, 0) is 53.8 Å². The molecule has 1 unspecified atom stereocenters. The minimum Gasteiger partial charge on any atom is -0.378 e. The summed E-state index contributed by atoms with van der Waals surface area (Å²) in [6.45, 7) is 7.58. The largest absolute Gasteiger partial charge is 0.378 e. The third kappa shape index (κ3) is 4.49. The van der Waals surface area contributed by atoms with Crippen molar-refractivity contribution >= 4 is 0 Å². The number of hydrogen-bond donors (Lipinski definition) is 1. The first-order valence-electron chi connectivity index (χ1n) is 6.02. The van der Waals surface area contributed by atoms with Crippen molar-refractivity contribution in [3.05, 3.63) is 0 Å². The van der Waals surface area contributed by atoms with E-state index in [0.29, 0.717) is 6.10 Å². The summed E-state index contributed by atoms with van der Waals surface area (Å²) in [5, 5.41) is 3.51. The lowest BCUT2D eigenvalue weighted by molar-refractivity contribution is 0.102. The zero-order valence-electron chi connectivity index (χ0n) is 10.7. The van der Waals surface area contributed by atoms with Crippen molar-refractivity contribution in [1.82, 2.24) is 10.2 Å². The molecule has 1 N–H and O–H groups in total. The van der Waals surface area contributed by atoms with Gasteiger partial charge < -0.3 is 15.0 Å². The van der Waals surface area contributed by atoms with Gasteiger partial charge in [-0.3, -0.25) is 0 Å². The van der Waals surface area contributed by atoms with Crippen LogP contribution in [0.2, 0.25) is 0 Å². The first-order chi connectivity index (χ1) is 7.02. The molecule has 0 radical (unpaired) electrons. The molecule has 15 heavy (non-hydrogen) atoms. The summed E-state index contributed by atoms with van der Waals surface area (Å²) < 4.78 is 5.58. The van der Waals surface area contributed by atoms with Crippen LogP contribution in [0.25, 0.3) is 0 Å². The van der Waals surface area contributed by atoms with Gasteiger partial charge in [0.05, 0.1) is 6.10 Å². The second-order valence-corrected chi connectivity index (χ2v) is 5.31. The molecule has 90 valence electrons. The van der Waals surface area contributed by atoms with Crippen LogP contribution in [0, 0.1) is 0 Å². The van der Waals surface area contributed by atoms with Crippen LogP contribution < -0.4 is 5.32 Å². The molecule has 1 rings (SSSR count). The number of likely N-dealkylation sites (N-methyl/N-ethyl adjacent to an activating group) is 1. The van der Waals surface area contributed by atoms with Gasteiger partial charge in [0.2, 0.25) is 0 Å². The van der Waals surface area contributed by atoms with Crippen LogP contribution in [0.3, 0.4) is 0 Å². The standard InChI is InChI=1S/C12H26N2O/c1-12(2,14(3)4)10-13-8-7-11-6-5-9-15-11/h11,13H,5-10H2,1-4H3. The second kappa shape index (κ2) is 5.83. The van der Waals surface area contributed by atoms with Gasteiger partial charge in [0.1, 0.15) is 0 Å². The summed E-state index contributed by atoms with van der Waals surface area (Å²) in [5.41, 5.74) is 0.233. The molecule has 0 aromatic rings. The van der Waals surface area contributed by atoms with E-state index in [1.807, 2.05) is 0 Å². The van der Waals surface area contributed by atoms with Gasteiger partial charge in [-0.2, -0.15) is 0 Å². The lowest BCUT2D eigenvalue weighted by Crippen LogP contribution is -2.47. The van der Waals surface area contributed by atoms with Crippen LogP contribution in [0.4, 0.5) is 0 Å². The molecule has 1 aliphatic rings. The van der Waals surface area contributed by atoms with Crippen LogP contribution in [0.1, 0.15) is 33.1 Å². The van der Waals surface area contributed by atoms with Gasteiger partial charge in [-0.25, -0.2) is 0 Å². The Morgan fingerprint density at radius 2 is 2.13 bits per heavy atom. The molecule has 0 amide bonds. The second-order valence-electron chi connectivity index (χ2n) is 5.31. The molecule has 0 aromatic heterocycles. The number of rotatable bonds is 6. The van der Waals surface area contributed by atoms with E-state index in [4.69, 9.17) is 4.74 Å². The molecule has 3 nitrogen and oxygen atoms in total. The van der Waals surface area contributed by atoms with Crippen LogP contribution >= 0.6 is 0 Å². The molecule has 0 spiro atoms. The normalized spacial score (nSPS) is 22.6. The van der Waals surface area contributed by atoms with Crippen molar-refractivity contribution in [3.63, 3.8) is 0 Å². The van der Waals surface area contributed by atoms with E-state index in [1.165, 1.54) is 12.8 Å². The van der Waals surface area contributed by atoms with Gasteiger partial charge in [0.25, 0.3) is 0 Å². The molecular weight excluding hydrogens is 188 g/mol. The Morgan fingerprint density at radius 1 is 1.40 bits per heavy atom. The SMILES string of the molecule is CN(C)C(C)(C)CNCCC1CCCO1. The fraction of sp³-hybridized carbons (Fsp3) is 1.00. The maximum atomic E-state index is 5.58. The number of ether oxygens (including phenoxy) is 1. The van der Waals surface area contributed by atoms with E-state index in [-0.39, 0.29) is 5.54 Å². The molecule has 1 fully saturated rings. The molecule has 1 aliphatic heterocycles. The van der Waals surface area contributed by atoms with Crippen molar-refractivity contribution in [3.8, 4) is 0 Å². The lowest BCUT2D eigenvalue weighted by Gasteiger charge is -2.32. The Balaban J connectivity index is 2.05. The average Bonchev–Trinajstić information content (AvgIpc) is 2.64. The quantitative estimate of drug-likeness (QED) is 0.678. The predicted octanol–water partition coefficient (Wildman–Crippen LogP) is 1.49. The molecule has 0 aliphatic carbocycles. The molecule has 0 saturated carbocycles. The van der Waals surface area contributed by atoms with Gasteiger partial charge in [0.15, 0.2) is 0 Å². The molecule has 1 atom stereocenters. The van der Waals surface area contributed by atoms with E-state index >= 15 is 0 Å². The summed E-state index contributed by atoms with van der Waals surface area (Å²) in [6, 6.07) is 0. The van der Waals surface area contributed by atoms with Crippen LogP contribution in [-0.4, -0.2) is 50.3 Å². The van der Waals surface area contributed by atoms with E-state index in [2.05, 4.69) is 38.2 Å². The van der Waals surface area contributed by atoms with Gasteiger partial charge >= 0.3 is 0 Å². The smallest absolute Gasteiger partial charge is 0.0588 e. The van der Waals surface area contributed by atoms with E-state index < -0.39 is 0 Å². The van der Waals surface area contributed by atoms with Crippen molar-refractivity contribution < 1.29 is 4.74 Å². The lowest BCUT2D eigenvalue weighted by atomic mass is 10.0. The monoisotopic (exact) mass is 214 g/mol. The van der Waals surface area contributed by atoms with Gasteiger partial charge in [-0.1, -0.05) is 0 Å². The third-order valence-electron chi connectivity index (χ3n) is 3.44. The van der Waals surface area contributed by atoms with Crippen LogP contribution in [-0.2, 0) is 4.74 Å². The highest BCUT2D eigenvalue weighted by Crippen LogP contribution is 2.14. The average molecular weight is 214 g/mol. The maximum Gasteiger partial charge on any atom is 0.0588 e. The first-order valence-corrected chi connectivity index (χ1v) is 6.02. The molecule has 3 heteroatoms. The number of hydrogen-bond acceptors (Lipinski definition) is 3. The van der Waals surface area contributed by atoms with Crippen molar-refractivity contribution in [2.45, 2.75) is 44.8 Å². The Kier molecular flexibility index (Phi) is 5.03. The summed E-state index contributed by atoms with van der Waals surface area (Å²) in [5.74, 6) is 0. The molecule has 0 bridgehead atoms. The molecule has 1 heterocycles. The van der Waals surface area contributed by atoms with Crippen molar-refractivity contribution in [2.24, 2.45) is 0 Å². The summed E-state index contributed by atoms with van der Waals surface area (Å²) in [4.78, 5) is 2.26. The van der Waals surface area contributed by atoms with Crippen LogP contribution in [0.5, 0.6) is 0 Å². The molecule has 0 aromatic carbocycles. The van der Waals surface area contributed by atoms with Crippen LogP contribution in [0.15, 0.2) is 0 Å². The molecular formula is C12H26N2O. The summed E-state index contributed by atoms with van der Waals surface area (Å²) in [7, 11) is 4.25. The predicted molar refractivity (Wildman–Crippen MR) is 64.2 cm³/mol.